The Labute approximate surface area is 119 Å². The van der Waals surface area contributed by atoms with Crippen LogP contribution in [-0.4, -0.2) is 17.2 Å². The number of aromatic carboxylic acids is 1. The van der Waals surface area contributed by atoms with Crippen molar-refractivity contribution >= 4 is 5.97 Å². The highest BCUT2D eigenvalue weighted by Gasteiger charge is 2.61. The zero-order valence-electron chi connectivity index (χ0n) is 12.3. The number of furan rings is 1. The number of fused-ring (bicyclic) bond motifs is 2. The maximum atomic E-state index is 11.0. The van der Waals surface area contributed by atoms with Crippen molar-refractivity contribution in [3.05, 3.63) is 23.7 Å². The van der Waals surface area contributed by atoms with Gasteiger partial charge in [-0.3, -0.25) is 0 Å². The van der Waals surface area contributed by atoms with E-state index in [1.165, 1.54) is 19.1 Å². The Bertz CT molecular complexity index is 530. The summed E-state index contributed by atoms with van der Waals surface area (Å²) in [6.45, 7) is 7.32. The molecule has 2 bridgehead atoms. The van der Waals surface area contributed by atoms with Crippen molar-refractivity contribution in [2.24, 2.45) is 16.7 Å². The van der Waals surface area contributed by atoms with Crippen molar-refractivity contribution in [1.29, 1.82) is 0 Å². The zero-order chi connectivity index (χ0) is 14.5. The molecule has 4 heteroatoms. The Balaban J connectivity index is 1.71. The lowest BCUT2D eigenvalue weighted by Gasteiger charge is -2.38. The molecule has 2 aliphatic rings. The lowest BCUT2D eigenvalue weighted by molar-refractivity contribution is -0.0554. The Hall–Kier alpha value is -1.29. The van der Waals surface area contributed by atoms with Crippen LogP contribution in [0.25, 0.3) is 0 Å². The Morgan fingerprint density at radius 1 is 1.50 bits per heavy atom. The normalized spacial score (nSPS) is 34.5. The van der Waals surface area contributed by atoms with Crippen LogP contribution in [0.1, 0.15) is 56.2 Å². The quantitative estimate of drug-likeness (QED) is 0.912. The van der Waals surface area contributed by atoms with Gasteiger partial charge in [0, 0.05) is 5.56 Å². The molecule has 20 heavy (non-hydrogen) atoms. The third-order valence-corrected chi connectivity index (χ3v) is 6.09. The second kappa shape index (κ2) is 4.35. The van der Waals surface area contributed by atoms with Gasteiger partial charge in [0.05, 0.1) is 19.0 Å². The Morgan fingerprint density at radius 3 is 2.80 bits per heavy atom. The van der Waals surface area contributed by atoms with Crippen LogP contribution < -0.4 is 0 Å². The highest BCUT2D eigenvalue weighted by Crippen LogP contribution is 2.66. The van der Waals surface area contributed by atoms with Gasteiger partial charge >= 0.3 is 5.97 Å². The molecule has 2 fully saturated rings. The van der Waals surface area contributed by atoms with Crippen molar-refractivity contribution in [1.82, 2.24) is 0 Å². The fraction of sp³-hybridized carbons (Fsp3) is 0.688. The van der Waals surface area contributed by atoms with Gasteiger partial charge in [0.25, 0.3) is 0 Å². The summed E-state index contributed by atoms with van der Waals surface area (Å²) in [7, 11) is 0. The molecule has 0 radical (unpaired) electrons. The van der Waals surface area contributed by atoms with Crippen LogP contribution in [0.2, 0.25) is 0 Å². The summed E-state index contributed by atoms with van der Waals surface area (Å²) in [4.78, 5) is 11.0. The van der Waals surface area contributed by atoms with Gasteiger partial charge in [-0.15, -0.1) is 0 Å². The van der Waals surface area contributed by atoms with Crippen molar-refractivity contribution in [2.45, 2.75) is 52.7 Å². The molecule has 110 valence electrons. The van der Waals surface area contributed by atoms with E-state index in [1.54, 1.807) is 6.07 Å². The molecule has 1 N–H and O–H groups in total. The first kappa shape index (κ1) is 13.7. The first-order valence-electron chi connectivity index (χ1n) is 7.27. The van der Waals surface area contributed by atoms with Crippen molar-refractivity contribution in [2.75, 3.05) is 0 Å². The standard InChI is InChI=1S/C16H22O4/c1-15(2)11-4-6-16(15,3)12(8-11)20-9-10-5-7-19-13(10)14(17)18/h5,7,11-12H,4,6,8-9H2,1-3H3,(H,17,18). The third-order valence-electron chi connectivity index (χ3n) is 6.09. The molecule has 0 saturated heterocycles. The molecule has 3 unspecified atom stereocenters. The predicted molar refractivity (Wildman–Crippen MR) is 73.5 cm³/mol. The summed E-state index contributed by atoms with van der Waals surface area (Å²) in [6.07, 6.45) is 5.20. The van der Waals surface area contributed by atoms with E-state index in [1.807, 2.05) is 0 Å². The van der Waals surface area contributed by atoms with E-state index in [4.69, 9.17) is 14.3 Å². The van der Waals surface area contributed by atoms with E-state index >= 15 is 0 Å². The zero-order valence-corrected chi connectivity index (χ0v) is 12.3. The molecule has 1 heterocycles. The maximum Gasteiger partial charge on any atom is 0.372 e. The number of carbonyl (C=O) groups is 1. The average Bonchev–Trinajstić information content (AvgIpc) is 2.98. The number of ether oxygens (including phenoxy) is 1. The van der Waals surface area contributed by atoms with Crippen molar-refractivity contribution in [3.63, 3.8) is 0 Å². The minimum absolute atomic E-state index is 0.00225. The molecule has 0 aliphatic heterocycles. The fourth-order valence-electron chi connectivity index (χ4n) is 4.21. The first-order chi connectivity index (χ1) is 9.36. The van der Waals surface area contributed by atoms with Crippen LogP contribution in [0.15, 0.2) is 16.7 Å². The molecule has 2 saturated carbocycles. The Morgan fingerprint density at radius 2 is 2.25 bits per heavy atom. The number of hydrogen-bond acceptors (Lipinski definition) is 3. The van der Waals surface area contributed by atoms with E-state index in [2.05, 4.69) is 20.8 Å². The van der Waals surface area contributed by atoms with E-state index in [-0.39, 0.29) is 17.3 Å². The van der Waals surface area contributed by atoms with Gasteiger partial charge in [0.15, 0.2) is 0 Å². The highest BCUT2D eigenvalue weighted by atomic mass is 16.5. The van der Waals surface area contributed by atoms with Gasteiger partial charge in [-0.25, -0.2) is 4.79 Å². The van der Waals surface area contributed by atoms with Gasteiger partial charge in [-0.05, 0) is 42.1 Å². The average molecular weight is 278 g/mol. The van der Waals surface area contributed by atoms with Crippen LogP contribution in [-0.2, 0) is 11.3 Å². The van der Waals surface area contributed by atoms with Crippen LogP contribution >= 0.6 is 0 Å². The smallest absolute Gasteiger partial charge is 0.372 e. The number of carboxylic acid groups (broad SMARTS) is 1. The largest absolute Gasteiger partial charge is 0.475 e. The van der Waals surface area contributed by atoms with Crippen LogP contribution in [0.5, 0.6) is 0 Å². The molecule has 3 rings (SSSR count). The summed E-state index contributed by atoms with van der Waals surface area (Å²) < 4.78 is 11.1. The summed E-state index contributed by atoms with van der Waals surface area (Å²) in [5, 5.41) is 9.04. The van der Waals surface area contributed by atoms with Crippen LogP contribution in [0.4, 0.5) is 0 Å². The minimum atomic E-state index is -1.03. The van der Waals surface area contributed by atoms with Gasteiger partial charge in [-0.1, -0.05) is 20.8 Å². The fourth-order valence-corrected chi connectivity index (χ4v) is 4.21. The predicted octanol–water partition coefficient (Wildman–Crippen LogP) is 3.71. The second-order valence-electron chi connectivity index (χ2n) is 6.99. The van der Waals surface area contributed by atoms with Crippen LogP contribution in [0, 0.1) is 16.7 Å². The first-order valence-corrected chi connectivity index (χ1v) is 7.27. The van der Waals surface area contributed by atoms with Crippen LogP contribution in [0.3, 0.4) is 0 Å². The topological polar surface area (TPSA) is 59.7 Å². The maximum absolute atomic E-state index is 11.0. The SMILES string of the molecule is CC1(C)C2CCC1(C)C(OCc1ccoc1C(=O)O)C2. The van der Waals surface area contributed by atoms with Gasteiger partial charge in [0.2, 0.25) is 5.76 Å². The van der Waals surface area contributed by atoms with E-state index in [0.717, 1.165) is 12.3 Å². The van der Waals surface area contributed by atoms with E-state index < -0.39 is 5.97 Å². The van der Waals surface area contributed by atoms with E-state index in [9.17, 15) is 4.79 Å². The third kappa shape index (κ3) is 1.74. The van der Waals surface area contributed by atoms with Gasteiger partial charge in [-0.2, -0.15) is 0 Å². The van der Waals surface area contributed by atoms with Gasteiger partial charge in [0.1, 0.15) is 0 Å². The molecule has 0 aromatic carbocycles. The molecule has 0 spiro atoms. The lowest BCUT2D eigenvalue weighted by atomic mass is 9.70. The number of carboxylic acids is 1. The molecule has 0 amide bonds. The Kier molecular flexibility index (Phi) is 2.98. The molecule has 3 atom stereocenters. The summed E-state index contributed by atoms with van der Waals surface area (Å²) >= 11 is 0. The minimum Gasteiger partial charge on any atom is -0.475 e. The second-order valence-corrected chi connectivity index (χ2v) is 6.99. The molecule has 4 nitrogen and oxygen atoms in total. The molecule has 1 aromatic rings. The van der Waals surface area contributed by atoms with Crippen molar-refractivity contribution < 1.29 is 19.1 Å². The molecular formula is C16H22O4. The monoisotopic (exact) mass is 278 g/mol. The molecule has 1 aromatic heterocycles. The summed E-state index contributed by atoms with van der Waals surface area (Å²) in [6, 6.07) is 1.68. The number of rotatable bonds is 4. The lowest BCUT2D eigenvalue weighted by Crippen LogP contribution is -2.37. The van der Waals surface area contributed by atoms with Gasteiger partial charge < -0.3 is 14.3 Å². The summed E-state index contributed by atoms with van der Waals surface area (Å²) in [5.41, 5.74) is 1.13. The summed E-state index contributed by atoms with van der Waals surface area (Å²) in [5.74, 6) is -0.313. The molecular weight excluding hydrogens is 256 g/mol. The highest BCUT2D eigenvalue weighted by molar-refractivity contribution is 5.85. The number of hydrogen-bond donors (Lipinski definition) is 1. The molecule has 2 aliphatic carbocycles. The van der Waals surface area contributed by atoms with Crippen molar-refractivity contribution in [3.8, 4) is 0 Å². The van der Waals surface area contributed by atoms with E-state index in [0.29, 0.717) is 17.6 Å².